The lowest BCUT2D eigenvalue weighted by Crippen LogP contribution is -2.43. The number of hydrogen-bond acceptors (Lipinski definition) is 6. The van der Waals surface area contributed by atoms with Crippen molar-refractivity contribution < 1.29 is 9.15 Å². The zero-order chi connectivity index (χ0) is 16.4. The summed E-state index contributed by atoms with van der Waals surface area (Å²) in [6.07, 6.45) is 5.78. The van der Waals surface area contributed by atoms with Gasteiger partial charge in [0.2, 0.25) is 0 Å². The van der Waals surface area contributed by atoms with Gasteiger partial charge in [0.1, 0.15) is 0 Å². The van der Waals surface area contributed by atoms with Crippen molar-refractivity contribution in [2.24, 2.45) is 0 Å². The average Bonchev–Trinajstić information content (AvgIpc) is 3.29. The van der Waals surface area contributed by atoms with Crippen molar-refractivity contribution in [3.63, 3.8) is 0 Å². The molecule has 4 rings (SSSR count). The molecule has 1 fully saturated rings. The Morgan fingerprint density at radius 3 is 3.17 bits per heavy atom. The summed E-state index contributed by atoms with van der Waals surface area (Å²) in [6, 6.07) is 3.83. The van der Waals surface area contributed by atoms with Crippen LogP contribution in [0.3, 0.4) is 0 Å². The summed E-state index contributed by atoms with van der Waals surface area (Å²) >= 11 is 1.63. The molecule has 1 saturated heterocycles. The first-order chi connectivity index (χ1) is 11.8. The van der Waals surface area contributed by atoms with Crippen LogP contribution in [0.1, 0.15) is 11.3 Å². The van der Waals surface area contributed by atoms with E-state index in [0.29, 0.717) is 0 Å². The summed E-state index contributed by atoms with van der Waals surface area (Å²) in [7, 11) is 0. The van der Waals surface area contributed by atoms with Gasteiger partial charge in [-0.15, -0.1) is 11.3 Å². The van der Waals surface area contributed by atoms with Crippen molar-refractivity contribution in [2.75, 3.05) is 19.7 Å². The number of aromatic nitrogens is 3. The summed E-state index contributed by atoms with van der Waals surface area (Å²) in [5.74, 6) is 0.833. The van der Waals surface area contributed by atoms with Crippen LogP contribution < -0.4 is 0 Å². The van der Waals surface area contributed by atoms with Crippen molar-refractivity contribution in [3.8, 4) is 10.8 Å². The summed E-state index contributed by atoms with van der Waals surface area (Å²) < 4.78 is 13.3. The minimum Gasteiger partial charge on any atom is -0.462 e. The van der Waals surface area contributed by atoms with Crippen LogP contribution in [-0.2, 0) is 17.8 Å². The fraction of sp³-hybridized carbons (Fsp3) is 0.412. The molecular weight excluding hydrogens is 324 g/mol. The van der Waals surface area contributed by atoms with Crippen LogP contribution in [0, 0.1) is 6.92 Å². The van der Waals surface area contributed by atoms with Gasteiger partial charge in [0.25, 0.3) is 0 Å². The van der Waals surface area contributed by atoms with Gasteiger partial charge in [0.15, 0.2) is 10.8 Å². The van der Waals surface area contributed by atoms with E-state index in [0.717, 1.165) is 49.2 Å². The molecule has 0 radical (unpaired) electrons. The molecule has 1 aliphatic rings. The third kappa shape index (κ3) is 3.58. The number of nitrogens with zero attached hydrogens (tertiary/aromatic N) is 4. The maximum Gasteiger partial charge on any atom is 0.162 e. The third-order valence-electron chi connectivity index (χ3n) is 4.05. The zero-order valence-electron chi connectivity index (χ0n) is 13.6. The molecule has 0 saturated carbocycles. The first kappa shape index (κ1) is 15.6. The molecule has 0 spiro atoms. The van der Waals surface area contributed by atoms with Crippen molar-refractivity contribution in [2.45, 2.75) is 26.1 Å². The largest absolute Gasteiger partial charge is 0.462 e. The van der Waals surface area contributed by atoms with Crippen molar-refractivity contribution >= 4 is 11.3 Å². The zero-order valence-corrected chi connectivity index (χ0v) is 14.4. The number of aryl methyl sites for hydroxylation is 1. The molecule has 6 nitrogen and oxygen atoms in total. The number of rotatable bonds is 5. The highest BCUT2D eigenvalue weighted by Crippen LogP contribution is 2.24. The van der Waals surface area contributed by atoms with Gasteiger partial charge in [-0.05, 0) is 24.6 Å². The first-order valence-electron chi connectivity index (χ1n) is 8.07. The highest BCUT2D eigenvalue weighted by Gasteiger charge is 2.22. The second-order valence-electron chi connectivity index (χ2n) is 6.09. The van der Waals surface area contributed by atoms with Gasteiger partial charge in [-0.2, -0.15) is 5.10 Å². The lowest BCUT2D eigenvalue weighted by Gasteiger charge is -2.32. The van der Waals surface area contributed by atoms with E-state index >= 15 is 0 Å². The highest BCUT2D eigenvalue weighted by molar-refractivity contribution is 7.13. The van der Waals surface area contributed by atoms with E-state index in [-0.39, 0.29) is 6.10 Å². The molecular formula is C17H20N4O2S. The molecule has 4 heterocycles. The Morgan fingerprint density at radius 2 is 2.38 bits per heavy atom. The summed E-state index contributed by atoms with van der Waals surface area (Å²) in [5, 5.41) is 7.39. The summed E-state index contributed by atoms with van der Waals surface area (Å²) in [4.78, 5) is 7.08. The number of hydrogen-bond donors (Lipinski definition) is 0. The molecule has 0 unspecified atom stereocenters. The van der Waals surface area contributed by atoms with Gasteiger partial charge in [-0.3, -0.25) is 9.58 Å². The minimum atomic E-state index is 0.168. The average molecular weight is 344 g/mol. The molecule has 0 aliphatic carbocycles. The second-order valence-corrected chi connectivity index (χ2v) is 6.95. The first-order valence-corrected chi connectivity index (χ1v) is 8.95. The van der Waals surface area contributed by atoms with E-state index in [1.165, 1.54) is 5.56 Å². The molecule has 1 aliphatic heterocycles. The normalized spacial score (nSPS) is 19.0. The van der Waals surface area contributed by atoms with Crippen LogP contribution in [0.4, 0.5) is 0 Å². The molecule has 0 aromatic carbocycles. The van der Waals surface area contributed by atoms with Crippen molar-refractivity contribution in [3.05, 3.63) is 47.4 Å². The van der Waals surface area contributed by atoms with E-state index in [1.807, 2.05) is 23.0 Å². The summed E-state index contributed by atoms with van der Waals surface area (Å²) in [6.45, 7) is 6.26. The van der Waals surface area contributed by atoms with Crippen LogP contribution in [0.15, 0.2) is 40.6 Å². The number of furan rings is 1. The van der Waals surface area contributed by atoms with Crippen LogP contribution in [0.25, 0.3) is 10.8 Å². The monoisotopic (exact) mass is 344 g/mol. The fourth-order valence-electron chi connectivity index (χ4n) is 2.93. The molecule has 1 atom stereocenters. The maximum absolute atomic E-state index is 5.89. The molecule has 3 aromatic rings. The Balaban J connectivity index is 1.36. The smallest absolute Gasteiger partial charge is 0.162 e. The molecule has 0 bridgehead atoms. The topological polar surface area (TPSA) is 56.3 Å². The Morgan fingerprint density at radius 1 is 1.42 bits per heavy atom. The van der Waals surface area contributed by atoms with Gasteiger partial charge in [-0.1, -0.05) is 0 Å². The van der Waals surface area contributed by atoms with Gasteiger partial charge >= 0.3 is 0 Å². The fourth-order valence-corrected chi connectivity index (χ4v) is 3.71. The molecule has 126 valence electrons. The highest BCUT2D eigenvalue weighted by atomic mass is 32.1. The van der Waals surface area contributed by atoms with E-state index in [1.54, 1.807) is 17.6 Å². The van der Waals surface area contributed by atoms with Gasteiger partial charge in [0.05, 0.1) is 37.4 Å². The lowest BCUT2D eigenvalue weighted by atomic mass is 10.2. The standard InChI is InChI=1S/C17H20N4O2S/c1-13-7-18-21(8-13)11-15-10-20(4-6-22-15)9-14-12-24-17(19-14)16-3-2-5-23-16/h2-3,5,7-8,12,15H,4,6,9-11H2,1H3/t15-/m1/s1. The Labute approximate surface area is 144 Å². The molecule has 7 heteroatoms. The SMILES string of the molecule is Cc1cnn(C[C@H]2CN(Cc3csc(-c4ccco4)n3)CCO2)c1. The Kier molecular flexibility index (Phi) is 4.46. The minimum absolute atomic E-state index is 0.168. The van der Waals surface area contributed by atoms with Crippen LogP contribution in [-0.4, -0.2) is 45.5 Å². The molecule has 0 amide bonds. The van der Waals surface area contributed by atoms with Crippen LogP contribution >= 0.6 is 11.3 Å². The number of thiazole rings is 1. The quantitative estimate of drug-likeness (QED) is 0.712. The molecule has 24 heavy (non-hydrogen) atoms. The Bertz CT molecular complexity index is 780. The van der Waals surface area contributed by atoms with E-state index in [2.05, 4.69) is 33.5 Å². The molecule has 0 N–H and O–H groups in total. The van der Waals surface area contributed by atoms with Gasteiger partial charge in [-0.25, -0.2) is 4.98 Å². The summed E-state index contributed by atoms with van der Waals surface area (Å²) in [5.41, 5.74) is 2.26. The predicted molar refractivity (Wildman–Crippen MR) is 91.8 cm³/mol. The van der Waals surface area contributed by atoms with Crippen LogP contribution in [0.2, 0.25) is 0 Å². The number of morpholine rings is 1. The number of ether oxygens (including phenoxy) is 1. The van der Waals surface area contributed by atoms with Crippen molar-refractivity contribution in [1.82, 2.24) is 19.7 Å². The lowest BCUT2D eigenvalue weighted by molar-refractivity contribution is -0.0405. The Hall–Kier alpha value is -1.96. The van der Waals surface area contributed by atoms with E-state index < -0.39 is 0 Å². The maximum atomic E-state index is 5.89. The van der Waals surface area contributed by atoms with E-state index in [9.17, 15) is 0 Å². The van der Waals surface area contributed by atoms with Crippen LogP contribution in [0.5, 0.6) is 0 Å². The van der Waals surface area contributed by atoms with E-state index in [4.69, 9.17) is 9.15 Å². The predicted octanol–water partition coefficient (Wildman–Crippen LogP) is 2.81. The van der Waals surface area contributed by atoms with Crippen molar-refractivity contribution in [1.29, 1.82) is 0 Å². The molecule has 3 aromatic heterocycles. The third-order valence-corrected chi connectivity index (χ3v) is 4.95. The second kappa shape index (κ2) is 6.88. The van der Waals surface area contributed by atoms with Gasteiger partial charge in [0, 0.05) is 31.2 Å². The van der Waals surface area contributed by atoms with Gasteiger partial charge < -0.3 is 9.15 Å².